The summed E-state index contributed by atoms with van der Waals surface area (Å²) in [4.78, 5) is 10.6. The quantitative estimate of drug-likeness (QED) is 0.499. The van der Waals surface area contributed by atoms with Gasteiger partial charge in [0.25, 0.3) is 0 Å². The topological polar surface area (TPSA) is 60.4 Å². The van der Waals surface area contributed by atoms with E-state index in [0.29, 0.717) is 12.8 Å². The summed E-state index contributed by atoms with van der Waals surface area (Å²) in [5.41, 5.74) is -3.58. The lowest BCUT2D eigenvalue weighted by atomic mass is 10.1. The van der Waals surface area contributed by atoms with E-state index in [-0.39, 0.29) is 33.1 Å². The van der Waals surface area contributed by atoms with Crippen molar-refractivity contribution in [2.75, 3.05) is 0 Å². The van der Waals surface area contributed by atoms with Gasteiger partial charge in [-0.1, -0.05) is 12.1 Å². The smallest absolute Gasteiger partial charge is 0.379 e. The predicted molar refractivity (Wildman–Crippen MR) is 91.6 cm³/mol. The van der Waals surface area contributed by atoms with Crippen LogP contribution in [-0.4, -0.2) is 19.7 Å². The Kier molecular flexibility index (Phi) is 6.35. The molecule has 0 saturated carbocycles. The molecular weight excluding hydrogens is 389 g/mol. The number of hydrogen-bond acceptors (Lipinski definition) is 5. The van der Waals surface area contributed by atoms with Crippen molar-refractivity contribution in [2.45, 2.75) is 35.1 Å². The molecular formula is C17H15F3O4S2. The first-order chi connectivity index (χ1) is 12.0. The Morgan fingerprint density at radius 3 is 2.12 bits per heavy atom. The molecule has 0 heterocycles. The van der Waals surface area contributed by atoms with Crippen molar-refractivity contribution in [3.05, 3.63) is 54.1 Å². The minimum absolute atomic E-state index is 0.0556. The molecule has 0 aliphatic heterocycles. The third kappa shape index (κ3) is 6.38. The highest BCUT2D eigenvalue weighted by molar-refractivity contribution is 8.00. The van der Waals surface area contributed by atoms with Gasteiger partial charge in [-0.3, -0.25) is 0 Å². The van der Waals surface area contributed by atoms with E-state index in [4.69, 9.17) is 4.18 Å². The van der Waals surface area contributed by atoms with Gasteiger partial charge in [0.05, 0.1) is 0 Å². The fraction of sp³-hybridized carbons (Fsp3) is 0.235. The zero-order valence-electron chi connectivity index (χ0n) is 13.6. The lowest BCUT2D eigenvalue weighted by molar-refractivity contribution is -0.116. The van der Waals surface area contributed by atoms with E-state index in [1.165, 1.54) is 19.1 Å². The van der Waals surface area contributed by atoms with Gasteiger partial charge in [-0.15, -0.1) is 0 Å². The molecule has 2 aromatic rings. The number of rotatable bonds is 7. The van der Waals surface area contributed by atoms with Gasteiger partial charge in [0.2, 0.25) is 0 Å². The summed E-state index contributed by atoms with van der Waals surface area (Å²) in [6.45, 7) is 1.49. The summed E-state index contributed by atoms with van der Waals surface area (Å²) in [7, 11) is -4.16. The van der Waals surface area contributed by atoms with Crippen LogP contribution in [0.1, 0.15) is 18.9 Å². The summed E-state index contributed by atoms with van der Waals surface area (Å²) in [5, 5.41) is 0. The van der Waals surface area contributed by atoms with Gasteiger partial charge in [-0.25, -0.2) is 0 Å². The number of hydrogen-bond donors (Lipinski definition) is 0. The first kappa shape index (κ1) is 20.3. The molecule has 0 unspecified atom stereocenters. The maximum atomic E-state index is 12.3. The fourth-order valence-corrected chi connectivity index (χ4v) is 3.48. The van der Waals surface area contributed by atoms with Gasteiger partial charge in [-0.2, -0.15) is 21.6 Å². The number of benzene rings is 2. The minimum Gasteiger partial charge on any atom is -0.379 e. The molecule has 0 aromatic heterocycles. The van der Waals surface area contributed by atoms with Gasteiger partial charge in [0.15, 0.2) is 0 Å². The molecule has 2 rings (SSSR count). The Balaban J connectivity index is 2.07. The average Bonchev–Trinajstić information content (AvgIpc) is 2.53. The van der Waals surface area contributed by atoms with E-state index < -0.39 is 15.6 Å². The Bertz CT molecular complexity index is 858. The Hall–Kier alpha value is -2.00. The minimum atomic E-state index is -4.44. The van der Waals surface area contributed by atoms with Gasteiger partial charge in [-0.05, 0) is 67.1 Å². The highest BCUT2D eigenvalue weighted by atomic mass is 32.2. The number of thioether (sulfide) groups is 1. The molecule has 0 atom stereocenters. The van der Waals surface area contributed by atoms with Crippen molar-refractivity contribution in [2.24, 2.45) is 0 Å². The van der Waals surface area contributed by atoms with Crippen molar-refractivity contribution in [3.8, 4) is 5.75 Å². The van der Waals surface area contributed by atoms with Crippen LogP contribution in [0.2, 0.25) is 0 Å². The molecule has 9 heteroatoms. The number of carbonyl (C=O) groups is 1. The number of alkyl halides is 3. The zero-order chi connectivity index (χ0) is 19.4. The molecule has 0 aliphatic rings. The maximum Gasteiger partial charge on any atom is 0.446 e. The second-order valence-corrected chi connectivity index (χ2v) is 8.09. The van der Waals surface area contributed by atoms with E-state index in [0.717, 1.165) is 29.8 Å². The van der Waals surface area contributed by atoms with Crippen LogP contribution in [0.4, 0.5) is 13.2 Å². The average molecular weight is 404 g/mol. The summed E-state index contributed by atoms with van der Waals surface area (Å²) in [6.07, 6.45) is 0.932. The molecule has 140 valence electrons. The van der Waals surface area contributed by atoms with E-state index in [1.54, 1.807) is 12.1 Å². The third-order valence-corrected chi connectivity index (χ3v) is 5.24. The first-order valence-electron chi connectivity index (χ1n) is 7.44. The van der Waals surface area contributed by atoms with Crippen LogP contribution in [0.25, 0.3) is 0 Å². The molecule has 0 saturated heterocycles. The number of aryl methyl sites for hydroxylation is 1. The summed E-state index contributed by atoms with van der Waals surface area (Å²) >= 11 is -0.327. The molecule has 26 heavy (non-hydrogen) atoms. The van der Waals surface area contributed by atoms with E-state index in [1.807, 2.05) is 0 Å². The molecule has 0 bridgehead atoms. The molecule has 0 N–H and O–H groups in total. The van der Waals surface area contributed by atoms with Crippen LogP contribution in [0.5, 0.6) is 5.75 Å². The summed E-state index contributed by atoms with van der Waals surface area (Å²) in [5.74, 6) is 0.130. The lowest BCUT2D eigenvalue weighted by Gasteiger charge is -2.09. The van der Waals surface area contributed by atoms with Crippen LogP contribution >= 0.6 is 11.8 Å². The second-order valence-electron chi connectivity index (χ2n) is 5.40. The SMILES string of the molecule is CC(=O)CCc1ccc(OS(=O)(=O)c2ccc(SC(F)(F)F)cc2)cc1. The highest BCUT2D eigenvalue weighted by Crippen LogP contribution is 2.37. The van der Waals surface area contributed by atoms with Gasteiger partial charge >= 0.3 is 15.6 Å². The Labute approximate surface area is 153 Å². The number of halogens is 3. The molecule has 4 nitrogen and oxygen atoms in total. The standard InChI is InChI=1S/C17H15F3O4S2/c1-12(21)2-3-13-4-6-14(7-5-13)24-26(22,23)16-10-8-15(9-11-16)25-17(18,19)20/h4-11H,2-3H2,1H3. The molecule has 0 spiro atoms. The van der Waals surface area contributed by atoms with Crippen LogP contribution in [0, 0.1) is 0 Å². The van der Waals surface area contributed by atoms with Crippen LogP contribution in [-0.2, 0) is 21.3 Å². The van der Waals surface area contributed by atoms with Gasteiger partial charge in [0.1, 0.15) is 16.4 Å². The molecule has 2 aromatic carbocycles. The Morgan fingerprint density at radius 2 is 1.62 bits per heavy atom. The molecule has 0 amide bonds. The highest BCUT2D eigenvalue weighted by Gasteiger charge is 2.29. The largest absolute Gasteiger partial charge is 0.446 e. The van der Waals surface area contributed by atoms with Gasteiger partial charge in [0, 0.05) is 11.3 Å². The van der Waals surface area contributed by atoms with Crippen molar-refractivity contribution in [1.29, 1.82) is 0 Å². The van der Waals surface area contributed by atoms with Crippen molar-refractivity contribution >= 4 is 27.7 Å². The monoisotopic (exact) mass is 404 g/mol. The van der Waals surface area contributed by atoms with Crippen LogP contribution < -0.4 is 4.18 Å². The van der Waals surface area contributed by atoms with Crippen molar-refractivity contribution < 1.29 is 30.6 Å². The first-order valence-corrected chi connectivity index (χ1v) is 9.66. The Morgan fingerprint density at radius 1 is 1.04 bits per heavy atom. The third-order valence-electron chi connectivity index (χ3n) is 3.24. The van der Waals surface area contributed by atoms with Crippen molar-refractivity contribution in [3.63, 3.8) is 0 Å². The van der Waals surface area contributed by atoms with Gasteiger partial charge < -0.3 is 8.98 Å². The molecule has 0 fully saturated rings. The summed E-state index contributed by atoms with van der Waals surface area (Å²) < 4.78 is 66.3. The van der Waals surface area contributed by atoms with E-state index >= 15 is 0 Å². The molecule has 0 aliphatic carbocycles. The van der Waals surface area contributed by atoms with Crippen LogP contribution in [0.15, 0.2) is 58.3 Å². The molecule has 0 radical (unpaired) electrons. The van der Waals surface area contributed by atoms with Crippen LogP contribution in [0.3, 0.4) is 0 Å². The lowest BCUT2D eigenvalue weighted by Crippen LogP contribution is -2.09. The van der Waals surface area contributed by atoms with Crippen molar-refractivity contribution in [1.82, 2.24) is 0 Å². The second kappa shape index (κ2) is 8.13. The fourth-order valence-electron chi connectivity index (χ4n) is 2.01. The maximum absolute atomic E-state index is 12.3. The number of carbonyl (C=O) groups excluding carboxylic acids is 1. The predicted octanol–water partition coefficient (Wildman–Crippen LogP) is 4.59. The van der Waals surface area contributed by atoms with E-state index in [2.05, 4.69) is 0 Å². The number of ketones is 1. The zero-order valence-corrected chi connectivity index (χ0v) is 15.2. The summed E-state index contributed by atoms with van der Waals surface area (Å²) in [6, 6.07) is 10.5. The number of Topliss-reactive ketones (excluding diaryl/α,β-unsaturated/α-hetero) is 1. The normalized spacial score (nSPS) is 12.0. The van der Waals surface area contributed by atoms with E-state index in [9.17, 15) is 26.4 Å².